The summed E-state index contributed by atoms with van der Waals surface area (Å²) in [6, 6.07) is 10.5. The van der Waals surface area contributed by atoms with E-state index in [4.69, 9.17) is 9.47 Å². The summed E-state index contributed by atoms with van der Waals surface area (Å²) in [5.74, 6) is 0.818. The van der Waals surface area contributed by atoms with Gasteiger partial charge in [-0.1, -0.05) is 33.8 Å². The molecule has 1 aromatic heterocycles. The number of thioether (sulfide) groups is 1. The molecule has 3 aromatic rings. The number of benzene rings is 2. The Kier molecular flexibility index (Phi) is 7.17. The second kappa shape index (κ2) is 9.82. The summed E-state index contributed by atoms with van der Waals surface area (Å²) >= 11 is 4.54. The molecule has 0 aliphatic heterocycles. The average molecular weight is 490 g/mol. The Morgan fingerprint density at radius 3 is 2.53 bits per heavy atom. The summed E-state index contributed by atoms with van der Waals surface area (Å²) in [5.41, 5.74) is 0.918. The molecule has 0 fully saturated rings. The number of fused-ring (bicyclic) bond motifs is 1. The molecule has 0 aliphatic carbocycles. The lowest BCUT2D eigenvalue weighted by Gasteiger charge is -2.13. The number of carbonyl (C=O) groups is 1. The van der Waals surface area contributed by atoms with Crippen molar-refractivity contribution in [1.29, 1.82) is 0 Å². The van der Waals surface area contributed by atoms with Gasteiger partial charge in [-0.15, -0.1) is 6.58 Å². The summed E-state index contributed by atoms with van der Waals surface area (Å²) < 4.78 is 13.0. The van der Waals surface area contributed by atoms with Crippen LogP contribution in [0.15, 0.2) is 63.5 Å². The Bertz CT molecular complexity index is 1150. The Morgan fingerprint density at radius 1 is 1.23 bits per heavy atom. The number of ether oxygens (including phenoxy) is 2. The predicted molar refractivity (Wildman–Crippen MR) is 123 cm³/mol. The first-order valence-electron chi connectivity index (χ1n) is 8.92. The van der Waals surface area contributed by atoms with E-state index in [1.54, 1.807) is 30.3 Å². The zero-order valence-corrected chi connectivity index (χ0v) is 18.9. The van der Waals surface area contributed by atoms with Crippen LogP contribution in [0.1, 0.15) is 0 Å². The normalized spacial score (nSPS) is 10.6. The third-order valence-corrected chi connectivity index (χ3v) is 5.70. The Hall–Kier alpha value is -2.78. The van der Waals surface area contributed by atoms with Crippen molar-refractivity contribution < 1.29 is 14.3 Å². The number of methoxy groups -OCH3 is 2. The molecule has 2 aromatic carbocycles. The molecule has 3 rings (SSSR count). The highest BCUT2D eigenvalue weighted by molar-refractivity contribution is 9.10. The average Bonchev–Trinajstić information content (AvgIpc) is 2.75. The molecule has 9 heteroatoms. The van der Waals surface area contributed by atoms with Gasteiger partial charge in [-0.3, -0.25) is 14.2 Å². The number of amides is 1. The number of hydrogen-bond acceptors (Lipinski definition) is 6. The largest absolute Gasteiger partial charge is 0.493 e. The van der Waals surface area contributed by atoms with Crippen LogP contribution in [-0.2, 0) is 11.3 Å². The van der Waals surface area contributed by atoms with Gasteiger partial charge in [0, 0.05) is 22.8 Å². The second-order valence-electron chi connectivity index (χ2n) is 6.17. The van der Waals surface area contributed by atoms with Crippen LogP contribution in [-0.4, -0.2) is 35.4 Å². The molecule has 0 spiro atoms. The lowest BCUT2D eigenvalue weighted by Crippen LogP contribution is -2.24. The van der Waals surface area contributed by atoms with E-state index in [0.29, 0.717) is 33.2 Å². The van der Waals surface area contributed by atoms with Gasteiger partial charge in [-0.05, 0) is 30.3 Å². The maximum Gasteiger partial charge on any atom is 0.262 e. The summed E-state index contributed by atoms with van der Waals surface area (Å²) in [6.07, 6.45) is 1.61. The van der Waals surface area contributed by atoms with E-state index in [1.165, 1.54) is 30.5 Å². The first-order chi connectivity index (χ1) is 14.5. The number of nitrogens with one attached hydrogen (secondary N) is 1. The minimum absolute atomic E-state index is 0.0957. The van der Waals surface area contributed by atoms with Crippen molar-refractivity contribution in [3.63, 3.8) is 0 Å². The molecule has 1 heterocycles. The summed E-state index contributed by atoms with van der Waals surface area (Å²) in [6.45, 7) is 3.98. The number of carbonyl (C=O) groups excluding carboxylic acids is 1. The third-order valence-electron chi connectivity index (χ3n) is 4.20. The van der Waals surface area contributed by atoms with E-state index in [0.717, 1.165) is 4.47 Å². The molecular formula is C21H20BrN3O4S. The van der Waals surface area contributed by atoms with Crippen molar-refractivity contribution in [3.8, 4) is 11.5 Å². The molecular weight excluding hydrogens is 470 g/mol. The zero-order chi connectivity index (χ0) is 21.7. The molecule has 0 radical (unpaired) electrons. The van der Waals surface area contributed by atoms with Gasteiger partial charge in [0.05, 0.1) is 30.9 Å². The Balaban J connectivity index is 1.90. The summed E-state index contributed by atoms with van der Waals surface area (Å²) in [4.78, 5) is 30.0. The summed E-state index contributed by atoms with van der Waals surface area (Å²) in [7, 11) is 3.03. The fourth-order valence-electron chi connectivity index (χ4n) is 2.79. The van der Waals surface area contributed by atoms with E-state index in [2.05, 4.69) is 32.8 Å². The number of aromatic nitrogens is 2. The Morgan fingerprint density at radius 2 is 1.90 bits per heavy atom. The fraction of sp³-hybridized carbons (Fsp3) is 0.190. The maximum atomic E-state index is 13.0. The molecule has 1 amide bonds. The van der Waals surface area contributed by atoms with E-state index in [1.807, 2.05) is 12.1 Å². The quantitative estimate of drug-likeness (QED) is 0.291. The van der Waals surface area contributed by atoms with Crippen molar-refractivity contribution in [2.45, 2.75) is 11.7 Å². The lowest BCUT2D eigenvalue weighted by molar-refractivity contribution is -0.113. The highest BCUT2D eigenvalue weighted by atomic mass is 79.9. The van der Waals surface area contributed by atoms with Crippen LogP contribution in [0.3, 0.4) is 0 Å². The van der Waals surface area contributed by atoms with E-state index >= 15 is 0 Å². The second-order valence-corrected chi connectivity index (χ2v) is 8.03. The van der Waals surface area contributed by atoms with Gasteiger partial charge in [-0.2, -0.15) is 0 Å². The number of rotatable bonds is 8. The van der Waals surface area contributed by atoms with Crippen molar-refractivity contribution >= 4 is 50.2 Å². The molecule has 0 saturated carbocycles. The van der Waals surface area contributed by atoms with Crippen molar-refractivity contribution in [3.05, 3.63) is 63.9 Å². The van der Waals surface area contributed by atoms with Crippen LogP contribution in [0.25, 0.3) is 10.9 Å². The third kappa shape index (κ3) is 4.85. The fourth-order valence-corrected chi connectivity index (χ4v) is 3.86. The van der Waals surface area contributed by atoms with E-state index < -0.39 is 0 Å². The lowest BCUT2D eigenvalue weighted by atomic mass is 10.2. The van der Waals surface area contributed by atoms with Crippen molar-refractivity contribution in [2.24, 2.45) is 0 Å². The standard InChI is InChI=1S/C21H20BrN3O4S/c1-4-9-25-20(27)15-10-17(28-2)18(29-3)11-16(15)24-21(25)30-12-19(26)23-14-7-5-13(22)6-8-14/h4-8,10-11H,1,9,12H2,2-3H3,(H,23,26). The van der Waals surface area contributed by atoms with Crippen molar-refractivity contribution in [1.82, 2.24) is 9.55 Å². The molecule has 156 valence electrons. The number of allylic oxidation sites excluding steroid dienone is 1. The van der Waals surface area contributed by atoms with Gasteiger partial charge in [0.25, 0.3) is 5.56 Å². The van der Waals surface area contributed by atoms with Gasteiger partial charge in [0.15, 0.2) is 16.7 Å². The maximum absolute atomic E-state index is 13.0. The van der Waals surface area contributed by atoms with E-state index in [9.17, 15) is 9.59 Å². The molecule has 0 unspecified atom stereocenters. The molecule has 0 aliphatic rings. The highest BCUT2D eigenvalue weighted by Gasteiger charge is 2.16. The van der Waals surface area contributed by atoms with Crippen LogP contribution in [0.5, 0.6) is 11.5 Å². The molecule has 0 atom stereocenters. The number of hydrogen-bond donors (Lipinski definition) is 1. The van der Waals surface area contributed by atoms with Gasteiger partial charge >= 0.3 is 0 Å². The molecule has 0 saturated heterocycles. The number of anilines is 1. The highest BCUT2D eigenvalue weighted by Crippen LogP contribution is 2.31. The minimum atomic E-state index is -0.239. The Labute approximate surface area is 186 Å². The molecule has 7 nitrogen and oxygen atoms in total. The minimum Gasteiger partial charge on any atom is -0.493 e. The monoisotopic (exact) mass is 489 g/mol. The van der Waals surface area contributed by atoms with Crippen LogP contribution in [0, 0.1) is 0 Å². The van der Waals surface area contributed by atoms with Gasteiger partial charge in [-0.25, -0.2) is 4.98 Å². The first kappa shape index (κ1) is 21.9. The smallest absolute Gasteiger partial charge is 0.262 e. The predicted octanol–water partition coefficient (Wildman–Crippen LogP) is 4.09. The van der Waals surface area contributed by atoms with Crippen LogP contribution in [0.2, 0.25) is 0 Å². The molecule has 1 N–H and O–H groups in total. The summed E-state index contributed by atoms with van der Waals surface area (Å²) in [5, 5.41) is 3.65. The van der Waals surface area contributed by atoms with E-state index in [-0.39, 0.29) is 23.8 Å². The number of nitrogens with zero attached hydrogens (tertiary/aromatic N) is 2. The first-order valence-corrected chi connectivity index (χ1v) is 10.7. The van der Waals surface area contributed by atoms with Gasteiger partial charge in [0.1, 0.15) is 0 Å². The number of halogens is 1. The zero-order valence-electron chi connectivity index (χ0n) is 16.5. The van der Waals surface area contributed by atoms with Crippen LogP contribution >= 0.6 is 27.7 Å². The van der Waals surface area contributed by atoms with Crippen molar-refractivity contribution in [2.75, 3.05) is 25.3 Å². The topological polar surface area (TPSA) is 82.5 Å². The van der Waals surface area contributed by atoms with Crippen LogP contribution < -0.4 is 20.3 Å². The molecule has 30 heavy (non-hydrogen) atoms. The van der Waals surface area contributed by atoms with Gasteiger partial charge < -0.3 is 14.8 Å². The van der Waals surface area contributed by atoms with Crippen LogP contribution in [0.4, 0.5) is 5.69 Å². The SMILES string of the molecule is C=CCn1c(SCC(=O)Nc2ccc(Br)cc2)nc2cc(OC)c(OC)cc2c1=O. The molecule has 0 bridgehead atoms. The van der Waals surface area contributed by atoms with Gasteiger partial charge in [0.2, 0.25) is 5.91 Å².